The van der Waals surface area contributed by atoms with Crippen molar-refractivity contribution in [2.45, 2.75) is 6.42 Å². The number of esters is 1. The Morgan fingerprint density at radius 2 is 2.05 bits per heavy atom. The fourth-order valence-electron chi connectivity index (χ4n) is 2.17. The van der Waals surface area contributed by atoms with Crippen molar-refractivity contribution in [2.24, 2.45) is 5.92 Å². The zero-order chi connectivity index (χ0) is 14.5. The lowest BCUT2D eigenvalue weighted by Gasteiger charge is -2.13. The minimum atomic E-state index is -0.239. The molecular weight excluding hydrogens is 322 g/mol. The molecule has 1 aromatic rings. The van der Waals surface area contributed by atoms with Gasteiger partial charge < -0.3 is 9.64 Å². The highest BCUT2D eigenvalue weighted by molar-refractivity contribution is 9.10. The van der Waals surface area contributed by atoms with Gasteiger partial charge in [0.05, 0.1) is 13.0 Å². The van der Waals surface area contributed by atoms with Crippen LogP contribution in [0.5, 0.6) is 0 Å². The number of rotatable bonds is 3. The van der Waals surface area contributed by atoms with Gasteiger partial charge in [0.1, 0.15) is 0 Å². The highest BCUT2D eigenvalue weighted by Gasteiger charge is 2.30. The van der Waals surface area contributed by atoms with Crippen LogP contribution in [0.3, 0.4) is 0 Å². The minimum Gasteiger partial charge on any atom is -0.469 e. The molecule has 20 heavy (non-hydrogen) atoms. The summed E-state index contributed by atoms with van der Waals surface area (Å²) in [6, 6.07) is 7.70. The van der Waals surface area contributed by atoms with Crippen molar-refractivity contribution in [1.29, 1.82) is 0 Å². The molecule has 1 atom stereocenters. The third-order valence-corrected chi connectivity index (χ3v) is 3.85. The van der Waals surface area contributed by atoms with Crippen LogP contribution in [0.25, 0.3) is 6.08 Å². The maximum absolute atomic E-state index is 12.0. The Morgan fingerprint density at radius 1 is 1.35 bits per heavy atom. The van der Waals surface area contributed by atoms with Gasteiger partial charge in [0.25, 0.3) is 0 Å². The Bertz CT molecular complexity index is 524. The Labute approximate surface area is 126 Å². The van der Waals surface area contributed by atoms with Crippen molar-refractivity contribution in [3.05, 3.63) is 40.4 Å². The normalized spacial score (nSPS) is 18.5. The highest BCUT2D eigenvalue weighted by atomic mass is 79.9. The number of methoxy groups -OCH3 is 1. The number of carbonyl (C=O) groups is 2. The van der Waals surface area contributed by atoms with Gasteiger partial charge in [-0.25, -0.2) is 0 Å². The van der Waals surface area contributed by atoms with Crippen molar-refractivity contribution in [2.75, 3.05) is 20.2 Å². The van der Waals surface area contributed by atoms with Crippen molar-refractivity contribution in [3.63, 3.8) is 0 Å². The molecule has 0 spiro atoms. The number of carbonyl (C=O) groups excluding carboxylic acids is 2. The fourth-order valence-corrected chi connectivity index (χ4v) is 2.43. The molecule has 1 fully saturated rings. The first-order chi connectivity index (χ1) is 9.60. The predicted molar refractivity (Wildman–Crippen MR) is 79.9 cm³/mol. The lowest BCUT2D eigenvalue weighted by Crippen LogP contribution is -2.28. The second-order valence-electron chi connectivity index (χ2n) is 4.68. The molecular formula is C15H16BrNO3. The summed E-state index contributed by atoms with van der Waals surface area (Å²) in [4.78, 5) is 25.1. The molecule has 0 saturated carbocycles. The lowest BCUT2D eigenvalue weighted by atomic mass is 10.1. The molecule has 0 radical (unpaired) electrons. The number of hydrogen-bond donors (Lipinski definition) is 0. The zero-order valence-electron chi connectivity index (χ0n) is 11.2. The van der Waals surface area contributed by atoms with Gasteiger partial charge in [0, 0.05) is 23.6 Å². The van der Waals surface area contributed by atoms with Gasteiger partial charge in [0.15, 0.2) is 0 Å². The number of benzene rings is 1. The van der Waals surface area contributed by atoms with E-state index in [1.165, 1.54) is 7.11 Å². The molecule has 5 heteroatoms. The number of nitrogens with zero attached hydrogens (tertiary/aromatic N) is 1. The van der Waals surface area contributed by atoms with Crippen LogP contribution >= 0.6 is 15.9 Å². The molecule has 1 saturated heterocycles. The summed E-state index contributed by atoms with van der Waals surface area (Å²) in [6.07, 6.45) is 3.99. The fraction of sp³-hybridized carbons (Fsp3) is 0.333. The third-order valence-electron chi connectivity index (χ3n) is 3.32. The molecule has 2 rings (SSSR count). The second kappa shape index (κ2) is 6.70. The largest absolute Gasteiger partial charge is 0.469 e. The van der Waals surface area contributed by atoms with Crippen LogP contribution in [0.1, 0.15) is 12.0 Å². The lowest BCUT2D eigenvalue weighted by molar-refractivity contribution is -0.145. The minimum absolute atomic E-state index is 0.0701. The monoisotopic (exact) mass is 337 g/mol. The zero-order valence-corrected chi connectivity index (χ0v) is 12.8. The Kier molecular flexibility index (Phi) is 4.95. The summed E-state index contributed by atoms with van der Waals surface area (Å²) >= 11 is 3.36. The van der Waals surface area contributed by atoms with Gasteiger partial charge >= 0.3 is 5.97 Å². The SMILES string of the molecule is COC(=O)C1CCN(C(=O)/C=C/c2ccc(Br)cc2)C1. The Morgan fingerprint density at radius 3 is 2.70 bits per heavy atom. The van der Waals surface area contributed by atoms with E-state index in [4.69, 9.17) is 4.74 Å². The standard InChI is InChI=1S/C15H16BrNO3/c1-20-15(19)12-8-9-17(10-12)14(18)7-4-11-2-5-13(16)6-3-11/h2-7,12H,8-10H2,1H3/b7-4+. The van der Waals surface area contributed by atoms with Gasteiger partial charge in [-0.05, 0) is 30.2 Å². The molecule has 106 valence electrons. The average molecular weight is 338 g/mol. The molecule has 1 aromatic carbocycles. The summed E-state index contributed by atoms with van der Waals surface area (Å²) in [5.41, 5.74) is 0.963. The van der Waals surface area contributed by atoms with Crippen molar-refractivity contribution < 1.29 is 14.3 Å². The molecule has 1 heterocycles. The number of hydrogen-bond acceptors (Lipinski definition) is 3. The van der Waals surface area contributed by atoms with Crippen molar-refractivity contribution >= 4 is 33.9 Å². The van der Waals surface area contributed by atoms with Gasteiger partial charge in [-0.2, -0.15) is 0 Å². The van der Waals surface area contributed by atoms with Gasteiger partial charge in [-0.1, -0.05) is 28.1 Å². The van der Waals surface area contributed by atoms with E-state index in [1.54, 1.807) is 17.1 Å². The smallest absolute Gasteiger partial charge is 0.310 e. The molecule has 0 aromatic heterocycles. The molecule has 0 N–H and O–H groups in total. The second-order valence-corrected chi connectivity index (χ2v) is 5.59. The number of amides is 1. The van der Waals surface area contributed by atoms with E-state index in [9.17, 15) is 9.59 Å². The molecule has 1 aliphatic heterocycles. The van der Waals surface area contributed by atoms with E-state index in [-0.39, 0.29) is 17.8 Å². The van der Waals surface area contributed by atoms with E-state index < -0.39 is 0 Å². The van der Waals surface area contributed by atoms with Crippen molar-refractivity contribution in [1.82, 2.24) is 4.90 Å². The first-order valence-electron chi connectivity index (χ1n) is 6.40. The van der Waals surface area contributed by atoms with Crippen LogP contribution < -0.4 is 0 Å². The van der Waals surface area contributed by atoms with Gasteiger partial charge in [-0.3, -0.25) is 9.59 Å². The van der Waals surface area contributed by atoms with E-state index in [2.05, 4.69) is 15.9 Å². The quantitative estimate of drug-likeness (QED) is 0.628. The molecule has 0 aliphatic carbocycles. The van der Waals surface area contributed by atoms with Crippen LogP contribution in [-0.2, 0) is 14.3 Å². The van der Waals surface area contributed by atoms with Gasteiger partial charge in [-0.15, -0.1) is 0 Å². The Hall–Kier alpha value is -1.62. The summed E-state index contributed by atoms with van der Waals surface area (Å²) in [6.45, 7) is 1.04. The molecule has 0 bridgehead atoms. The third kappa shape index (κ3) is 3.70. The van der Waals surface area contributed by atoms with Crippen LogP contribution in [0.2, 0.25) is 0 Å². The Balaban J connectivity index is 1.92. The highest BCUT2D eigenvalue weighted by Crippen LogP contribution is 2.18. The molecule has 1 amide bonds. The number of likely N-dealkylation sites (tertiary alicyclic amines) is 1. The van der Waals surface area contributed by atoms with Crippen molar-refractivity contribution in [3.8, 4) is 0 Å². The topological polar surface area (TPSA) is 46.6 Å². The maximum Gasteiger partial charge on any atom is 0.310 e. The predicted octanol–water partition coefficient (Wildman–Crippen LogP) is 2.48. The van der Waals surface area contributed by atoms with Gasteiger partial charge in [0.2, 0.25) is 5.91 Å². The number of ether oxygens (including phenoxy) is 1. The van der Waals surface area contributed by atoms with E-state index in [1.807, 2.05) is 24.3 Å². The summed E-state index contributed by atoms with van der Waals surface area (Å²) < 4.78 is 5.70. The van der Waals surface area contributed by atoms with Crippen LogP contribution in [0.4, 0.5) is 0 Å². The molecule has 4 nitrogen and oxygen atoms in total. The summed E-state index contributed by atoms with van der Waals surface area (Å²) in [7, 11) is 1.38. The van der Waals surface area contributed by atoms with Crippen LogP contribution in [0, 0.1) is 5.92 Å². The van der Waals surface area contributed by atoms with Crippen LogP contribution in [0.15, 0.2) is 34.8 Å². The van der Waals surface area contributed by atoms with Crippen LogP contribution in [-0.4, -0.2) is 37.0 Å². The summed E-state index contributed by atoms with van der Waals surface area (Å²) in [5.74, 6) is -0.499. The van der Waals surface area contributed by atoms with E-state index in [0.717, 1.165) is 10.0 Å². The van der Waals surface area contributed by atoms with E-state index >= 15 is 0 Å². The average Bonchev–Trinajstić information content (AvgIpc) is 2.95. The molecule has 1 aliphatic rings. The molecule has 1 unspecified atom stereocenters. The summed E-state index contributed by atoms with van der Waals surface area (Å²) in [5, 5.41) is 0. The van der Waals surface area contributed by atoms with E-state index in [0.29, 0.717) is 19.5 Å². The first-order valence-corrected chi connectivity index (χ1v) is 7.20. The first kappa shape index (κ1) is 14.8. The maximum atomic E-state index is 12.0. The number of halogens is 1.